The Morgan fingerprint density at radius 2 is 1.97 bits per heavy atom. The number of anilines is 1. The summed E-state index contributed by atoms with van der Waals surface area (Å²) in [5, 5.41) is 9.07. The van der Waals surface area contributed by atoms with Crippen LogP contribution in [0.5, 0.6) is 0 Å². The van der Waals surface area contributed by atoms with Crippen LogP contribution in [0.2, 0.25) is 0 Å². The topological polar surface area (TPSA) is 74.5 Å². The maximum absolute atomic E-state index is 12.6. The van der Waals surface area contributed by atoms with Gasteiger partial charge in [0.05, 0.1) is 11.6 Å². The Hall–Kier alpha value is -2.45. The molecule has 1 saturated carbocycles. The van der Waals surface area contributed by atoms with Gasteiger partial charge in [-0.15, -0.1) is 11.3 Å². The van der Waals surface area contributed by atoms with Crippen molar-refractivity contribution in [3.8, 4) is 10.7 Å². The Morgan fingerprint density at radius 3 is 2.77 bits per heavy atom. The number of hydrogen-bond donors (Lipinski definition) is 1. The second kappa shape index (κ2) is 8.35. The molecule has 2 fully saturated rings. The average molecular weight is 426 g/mol. The zero-order valence-corrected chi connectivity index (χ0v) is 18.1. The third-order valence-electron chi connectivity index (χ3n) is 6.20. The molecule has 5 rings (SSSR count). The monoisotopic (exact) mass is 425 g/mol. The van der Waals surface area contributed by atoms with Crippen LogP contribution in [-0.2, 0) is 0 Å². The summed E-state index contributed by atoms with van der Waals surface area (Å²) in [5.74, 6) is -0.0317. The van der Waals surface area contributed by atoms with E-state index in [0.29, 0.717) is 10.6 Å². The minimum atomic E-state index is -0.0317. The van der Waals surface area contributed by atoms with Crippen LogP contribution in [0.15, 0.2) is 28.9 Å². The predicted octanol–water partition coefficient (Wildman–Crippen LogP) is 3.77. The lowest BCUT2D eigenvalue weighted by Gasteiger charge is -2.33. The molecule has 7 nitrogen and oxygen atoms in total. The minimum Gasteiger partial charge on any atom is -0.369 e. The van der Waals surface area contributed by atoms with Crippen molar-refractivity contribution in [1.29, 1.82) is 0 Å². The van der Waals surface area contributed by atoms with Gasteiger partial charge in [-0.2, -0.15) is 0 Å². The second-order valence-corrected chi connectivity index (χ2v) is 9.37. The fraction of sp³-hybridized carbons (Fsp3) is 0.500. The molecule has 3 aromatic rings. The van der Waals surface area contributed by atoms with Gasteiger partial charge in [0.1, 0.15) is 15.6 Å². The molecule has 1 N–H and O–H groups in total. The van der Waals surface area contributed by atoms with Crippen molar-refractivity contribution in [3.63, 3.8) is 0 Å². The van der Waals surface area contributed by atoms with Gasteiger partial charge in [-0.25, -0.2) is 4.98 Å². The van der Waals surface area contributed by atoms with Gasteiger partial charge in [-0.05, 0) is 32.0 Å². The van der Waals surface area contributed by atoms with Crippen molar-refractivity contribution in [2.75, 3.05) is 38.1 Å². The number of amides is 1. The first-order valence-electron chi connectivity index (χ1n) is 10.8. The van der Waals surface area contributed by atoms with E-state index in [0.717, 1.165) is 60.7 Å². The van der Waals surface area contributed by atoms with Crippen molar-refractivity contribution >= 4 is 33.9 Å². The Labute approximate surface area is 180 Å². The molecule has 1 aliphatic carbocycles. The Balaban J connectivity index is 1.33. The third-order valence-corrected chi connectivity index (χ3v) is 7.20. The molecular weight excluding hydrogens is 398 g/mol. The van der Waals surface area contributed by atoms with Crippen LogP contribution in [0.1, 0.15) is 41.8 Å². The van der Waals surface area contributed by atoms with Crippen LogP contribution >= 0.6 is 11.3 Å². The molecule has 0 radical (unpaired) electrons. The van der Waals surface area contributed by atoms with Crippen LogP contribution in [0.4, 0.5) is 5.69 Å². The maximum atomic E-state index is 12.6. The minimum absolute atomic E-state index is 0.0317. The first-order valence-corrected chi connectivity index (χ1v) is 11.6. The van der Waals surface area contributed by atoms with E-state index >= 15 is 0 Å². The lowest BCUT2D eigenvalue weighted by atomic mass is 9.95. The smallest absolute Gasteiger partial charge is 0.263 e. The van der Waals surface area contributed by atoms with E-state index in [1.165, 1.54) is 30.6 Å². The number of carbonyl (C=O) groups is 1. The molecule has 158 valence electrons. The summed E-state index contributed by atoms with van der Waals surface area (Å²) in [5.41, 5.74) is 2.62. The van der Waals surface area contributed by atoms with Crippen LogP contribution in [0, 0.1) is 0 Å². The quantitative estimate of drug-likeness (QED) is 0.686. The summed E-state index contributed by atoms with van der Waals surface area (Å²) in [4.78, 5) is 22.4. The number of hydrogen-bond acceptors (Lipinski definition) is 7. The molecule has 0 bridgehead atoms. The van der Waals surface area contributed by atoms with Gasteiger partial charge in [0.2, 0.25) is 0 Å². The van der Waals surface area contributed by atoms with Crippen molar-refractivity contribution in [2.24, 2.45) is 0 Å². The van der Waals surface area contributed by atoms with Crippen LogP contribution in [0.25, 0.3) is 21.7 Å². The van der Waals surface area contributed by atoms with Crippen molar-refractivity contribution in [1.82, 2.24) is 20.4 Å². The van der Waals surface area contributed by atoms with E-state index in [-0.39, 0.29) is 11.9 Å². The largest absolute Gasteiger partial charge is 0.369 e. The predicted molar refractivity (Wildman–Crippen MR) is 119 cm³/mol. The Morgan fingerprint density at radius 1 is 1.17 bits per heavy atom. The molecular formula is C22H27N5O2S. The molecule has 1 amide bonds. The number of carbonyl (C=O) groups excluding carboxylic acids is 1. The second-order valence-electron chi connectivity index (χ2n) is 8.34. The number of rotatable bonds is 4. The number of thiazole rings is 1. The van der Waals surface area contributed by atoms with Crippen LogP contribution < -0.4 is 10.2 Å². The summed E-state index contributed by atoms with van der Waals surface area (Å²) in [6, 6.07) is 6.52. The summed E-state index contributed by atoms with van der Waals surface area (Å²) in [7, 11) is 2.15. The fourth-order valence-electron chi connectivity index (χ4n) is 4.33. The van der Waals surface area contributed by atoms with Crippen LogP contribution in [0.3, 0.4) is 0 Å². The van der Waals surface area contributed by atoms with Crippen LogP contribution in [-0.4, -0.2) is 60.2 Å². The Kier molecular flexibility index (Phi) is 5.43. The highest BCUT2D eigenvalue weighted by molar-refractivity contribution is 7.17. The first-order chi connectivity index (χ1) is 14.7. The first kappa shape index (κ1) is 19.5. The number of piperazine rings is 1. The SMILES string of the molecule is CN1CCN(c2ccc3c(-c4ncc(C(=O)NC5CCCCC5)s4)noc3c2)CC1. The highest BCUT2D eigenvalue weighted by Gasteiger charge is 2.21. The van der Waals surface area contributed by atoms with Crippen molar-refractivity contribution in [3.05, 3.63) is 29.3 Å². The zero-order valence-electron chi connectivity index (χ0n) is 17.3. The zero-order chi connectivity index (χ0) is 20.5. The Bertz CT molecular complexity index is 1030. The number of nitrogens with zero attached hydrogens (tertiary/aromatic N) is 4. The summed E-state index contributed by atoms with van der Waals surface area (Å²) in [6.07, 6.45) is 7.45. The van der Waals surface area contributed by atoms with Gasteiger partial charge in [-0.3, -0.25) is 4.79 Å². The van der Waals surface area contributed by atoms with E-state index in [1.807, 2.05) is 0 Å². The van der Waals surface area contributed by atoms with Crippen molar-refractivity contribution in [2.45, 2.75) is 38.1 Å². The average Bonchev–Trinajstić information content (AvgIpc) is 3.41. The number of benzene rings is 1. The molecule has 2 aliphatic rings. The van der Waals surface area contributed by atoms with Gasteiger partial charge >= 0.3 is 0 Å². The number of likely N-dealkylation sites (N-methyl/N-ethyl adjacent to an activating group) is 1. The lowest BCUT2D eigenvalue weighted by Crippen LogP contribution is -2.44. The highest BCUT2D eigenvalue weighted by atomic mass is 32.1. The van der Waals surface area contributed by atoms with E-state index in [4.69, 9.17) is 4.52 Å². The summed E-state index contributed by atoms with van der Waals surface area (Å²) in [6.45, 7) is 4.14. The number of fused-ring (bicyclic) bond motifs is 1. The molecule has 1 aromatic carbocycles. The summed E-state index contributed by atoms with van der Waals surface area (Å²) >= 11 is 1.37. The maximum Gasteiger partial charge on any atom is 0.263 e. The van der Waals surface area contributed by atoms with Gasteiger partial charge in [0, 0.05) is 44.0 Å². The van der Waals surface area contributed by atoms with Gasteiger partial charge in [-0.1, -0.05) is 24.4 Å². The van der Waals surface area contributed by atoms with E-state index in [2.05, 4.69) is 50.5 Å². The molecule has 30 heavy (non-hydrogen) atoms. The number of nitrogens with one attached hydrogen (secondary N) is 1. The third kappa shape index (κ3) is 3.94. The molecule has 3 heterocycles. The van der Waals surface area contributed by atoms with Crippen molar-refractivity contribution < 1.29 is 9.32 Å². The van der Waals surface area contributed by atoms with Gasteiger partial charge in [0.25, 0.3) is 5.91 Å². The molecule has 0 spiro atoms. The van der Waals surface area contributed by atoms with E-state index in [1.54, 1.807) is 6.20 Å². The van der Waals surface area contributed by atoms with E-state index in [9.17, 15) is 4.79 Å². The summed E-state index contributed by atoms with van der Waals surface area (Å²) < 4.78 is 5.63. The fourth-order valence-corrected chi connectivity index (χ4v) is 5.15. The number of aromatic nitrogens is 2. The van der Waals surface area contributed by atoms with E-state index < -0.39 is 0 Å². The normalized spacial score (nSPS) is 18.8. The molecule has 0 unspecified atom stereocenters. The van der Waals surface area contributed by atoms with Gasteiger partial charge in [0.15, 0.2) is 5.58 Å². The molecule has 0 atom stereocenters. The lowest BCUT2D eigenvalue weighted by molar-refractivity contribution is 0.0931. The molecule has 1 saturated heterocycles. The molecule has 8 heteroatoms. The molecule has 2 aromatic heterocycles. The van der Waals surface area contributed by atoms with Gasteiger partial charge < -0.3 is 19.6 Å². The molecule has 1 aliphatic heterocycles. The highest BCUT2D eigenvalue weighted by Crippen LogP contribution is 2.33. The standard InChI is InChI=1S/C22H27N5O2S/c1-26-9-11-27(12-10-26)16-7-8-17-18(13-16)29-25-20(17)22-23-14-19(30-22)21(28)24-15-5-3-2-4-6-15/h7-8,13-15H,2-6,9-12H2,1H3,(H,24,28).